The molecule has 7 nitrogen and oxygen atoms in total. The van der Waals surface area contributed by atoms with Crippen LogP contribution in [0.1, 0.15) is 32.5 Å². The van der Waals surface area contributed by atoms with Crippen LogP contribution in [0.2, 0.25) is 0 Å². The summed E-state index contributed by atoms with van der Waals surface area (Å²) in [5.41, 5.74) is 0.788. The van der Waals surface area contributed by atoms with Crippen LogP contribution in [0.5, 0.6) is 5.75 Å². The first-order valence-electron chi connectivity index (χ1n) is 11.0. The van der Waals surface area contributed by atoms with Crippen LogP contribution in [0.15, 0.2) is 65.8 Å². The molecule has 0 aliphatic carbocycles. The van der Waals surface area contributed by atoms with Crippen LogP contribution in [0.3, 0.4) is 0 Å². The van der Waals surface area contributed by atoms with Gasteiger partial charge in [-0.2, -0.15) is 5.26 Å². The molecule has 0 aliphatic heterocycles. The number of anilines is 1. The molecule has 1 heterocycles. The standard InChI is InChI=1S/C25H29N5O2S/c1-20(2)14-17-30-23(18-32-22-12-7-4-8-13-22)27-28-25(30)33-19-24(31)29(16-9-15-26)21-10-5-3-6-11-21/h3-8,10-13,20H,9,14,16-19H2,1-2H3. The summed E-state index contributed by atoms with van der Waals surface area (Å²) in [7, 11) is 0. The lowest BCUT2D eigenvalue weighted by Gasteiger charge is -2.21. The predicted octanol–water partition coefficient (Wildman–Crippen LogP) is 4.94. The first-order valence-corrected chi connectivity index (χ1v) is 12.0. The quantitative estimate of drug-likeness (QED) is 0.354. The summed E-state index contributed by atoms with van der Waals surface area (Å²) in [5, 5.41) is 18.4. The zero-order chi connectivity index (χ0) is 23.5. The van der Waals surface area contributed by atoms with Crippen LogP contribution >= 0.6 is 11.8 Å². The molecular weight excluding hydrogens is 434 g/mol. The maximum atomic E-state index is 13.0. The molecule has 0 N–H and O–H groups in total. The summed E-state index contributed by atoms with van der Waals surface area (Å²) in [6.45, 7) is 5.77. The van der Waals surface area contributed by atoms with Crippen molar-refractivity contribution in [1.82, 2.24) is 14.8 Å². The van der Waals surface area contributed by atoms with E-state index in [1.54, 1.807) is 4.90 Å². The van der Waals surface area contributed by atoms with E-state index in [0.717, 1.165) is 30.2 Å². The molecule has 3 rings (SSSR count). The molecule has 0 saturated heterocycles. The number of carbonyl (C=O) groups excluding carboxylic acids is 1. The Kier molecular flexibility index (Phi) is 9.33. The molecule has 0 spiro atoms. The summed E-state index contributed by atoms with van der Waals surface area (Å²) < 4.78 is 7.93. The number of para-hydroxylation sites is 2. The molecule has 172 valence electrons. The number of carbonyl (C=O) groups is 1. The van der Waals surface area contributed by atoms with E-state index in [0.29, 0.717) is 24.2 Å². The first-order chi connectivity index (χ1) is 16.1. The van der Waals surface area contributed by atoms with Gasteiger partial charge in [0.1, 0.15) is 12.4 Å². The highest BCUT2D eigenvalue weighted by atomic mass is 32.2. The number of nitrogens with zero attached hydrogens (tertiary/aromatic N) is 5. The van der Waals surface area contributed by atoms with Crippen molar-refractivity contribution in [3.8, 4) is 11.8 Å². The highest BCUT2D eigenvalue weighted by molar-refractivity contribution is 7.99. The minimum atomic E-state index is -0.0676. The highest BCUT2D eigenvalue weighted by Crippen LogP contribution is 2.22. The summed E-state index contributed by atoms with van der Waals surface area (Å²) >= 11 is 1.37. The number of hydrogen-bond acceptors (Lipinski definition) is 6. The SMILES string of the molecule is CC(C)CCn1c(COc2ccccc2)nnc1SCC(=O)N(CCC#N)c1ccccc1. The zero-order valence-corrected chi connectivity index (χ0v) is 19.9. The van der Waals surface area contributed by atoms with Crippen LogP contribution in [-0.2, 0) is 17.9 Å². The van der Waals surface area contributed by atoms with Crippen molar-refractivity contribution >= 4 is 23.4 Å². The van der Waals surface area contributed by atoms with Crippen molar-refractivity contribution in [2.45, 2.75) is 45.0 Å². The fraction of sp³-hybridized carbons (Fsp3) is 0.360. The van der Waals surface area contributed by atoms with Gasteiger partial charge in [0.25, 0.3) is 0 Å². The number of thioether (sulfide) groups is 1. The zero-order valence-electron chi connectivity index (χ0n) is 19.1. The Bertz CT molecular complexity index is 1050. The van der Waals surface area contributed by atoms with Crippen molar-refractivity contribution in [3.63, 3.8) is 0 Å². The number of amides is 1. The van der Waals surface area contributed by atoms with Crippen molar-refractivity contribution in [2.75, 3.05) is 17.2 Å². The lowest BCUT2D eigenvalue weighted by molar-refractivity contribution is -0.116. The molecule has 0 unspecified atom stereocenters. The van der Waals surface area contributed by atoms with Gasteiger partial charge in [0.05, 0.1) is 18.2 Å². The Labute approximate surface area is 199 Å². The van der Waals surface area contributed by atoms with E-state index in [9.17, 15) is 4.79 Å². The van der Waals surface area contributed by atoms with E-state index < -0.39 is 0 Å². The minimum absolute atomic E-state index is 0.0676. The molecule has 0 radical (unpaired) electrons. The summed E-state index contributed by atoms with van der Waals surface area (Å²) in [4.78, 5) is 14.7. The van der Waals surface area contributed by atoms with Crippen molar-refractivity contribution < 1.29 is 9.53 Å². The van der Waals surface area contributed by atoms with Crippen molar-refractivity contribution in [1.29, 1.82) is 5.26 Å². The Morgan fingerprint density at radius 1 is 1.12 bits per heavy atom. The second-order valence-corrected chi connectivity index (χ2v) is 8.85. The number of ether oxygens (including phenoxy) is 1. The molecule has 1 amide bonds. The van der Waals surface area contributed by atoms with E-state index >= 15 is 0 Å². The van der Waals surface area contributed by atoms with E-state index in [1.165, 1.54) is 11.8 Å². The fourth-order valence-electron chi connectivity index (χ4n) is 3.18. The van der Waals surface area contributed by atoms with Crippen molar-refractivity contribution in [2.24, 2.45) is 5.92 Å². The Balaban J connectivity index is 1.71. The number of benzene rings is 2. The first kappa shape index (κ1) is 24.3. The van der Waals surface area contributed by atoms with Gasteiger partial charge in [-0.15, -0.1) is 10.2 Å². The predicted molar refractivity (Wildman–Crippen MR) is 130 cm³/mol. The Hall–Kier alpha value is -3.31. The summed E-state index contributed by atoms with van der Waals surface area (Å²) in [5.74, 6) is 2.17. The van der Waals surface area contributed by atoms with Crippen LogP contribution < -0.4 is 9.64 Å². The van der Waals surface area contributed by atoms with Crippen LogP contribution in [0.25, 0.3) is 0 Å². The second kappa shape index (κ2) is 12.7. The Morgan fingerprint density at radius 3 is 2.48 bits per heavy atom. The van der Waals surface area contributed by atoms with Crippen LogP contribution in [-0.4, -0.2) is 33.0 Å². The normalized spacial score (nSPS) is 10.7. The molecular formula is C25H29N5O2S. The smallest absolute Gasteiger partial charge is 0.237 e. The third kappa shape index (κ3) is 7.36. The summed E-state index contributed by atoms with van der Waals surface area (Å²) in [6.07, 6.45) is 1.24. The molecule has 0 fully saturated rings. The third-order valence-corrected chi connectivity index (χ3v) is 5.93. The monoisotopic (exact) mass is 463 g/mol. The topological polar surface area (TPSA) is 84.0 Å². The average molecular weight is 464 g/mol. The molecule has 33 heavy (non-hydrogen) atoms. The molecule has 0 aliphatic rings. The molecule has 0 saturated carbocycles. The molecule has 2 aromatic carbocycles. The van der Waals surface area contributed by atoms with E-state index in [4.69, 9.17) is 10.00 Å². The second-order valence-electron chi connectivity index (χ2n) is 7.91. The molecule has 0 bridgehead atoms. The van der Waals surface area contributed by atoms with E-state index in [1.807, 2.05) is 65.2 Å². The van der Waals surface area contributed by atoms with Gasteiger partial charge in [-0.3, -0.25) is 4.79 Å². The van der Waals surface area contributed by atoms with Gasteiger partial charge in [0.2, 0.25) is 5.91 Å². The number of aromatic nitrogens is 3. The maximum absolute atomic E-state index is 13.0. The van der Waals surface area contributed by atoms with E-state index in [2.05, 4.69) is 30.1 Å². The van der Waals surface area contributed by atoms with Gasteiger partial charge in [0, 0.05) is 18.8 Å². The Morgan fingerprint density at radius 2 is 1.82 bits per heavy atom. The van der Waals surface area contributed by atoms with Crippen LogP contribution in [0.4, 0.5) is 5.69 Å². The minimum Gasteiger partial charge on any atom is -0.486 e. The number of rotatable bonds is 12. The molecule has 0 atom stereocenters. The molecule has 3 aromatic rings. The lowest BCUT2D eigenvalue weighted by atomic mass is 10.1. The molecule has 8 heteroatoms. The molecule has 1 aromatic heterocycles. The third-order valence-electron chi connectivity index (χ3n) is 4.98. The summed E-state index contributed by atoms with van der Waals surface area (Å²) in [6, 6.07) is 21.2. The van der Waals surface area contributed by atoms with Crippen molar-refractivity contribution in [3.05, 3.63) is 66.5 Å². The number of hydrogen-bond donors (Lipinski definition) is 0. The lowest BCUT2D eigenvalue weighted by Crippen LogP contribution is -2.33. The fourth-order valence-corrected chi connectivity index (χ4v) is 4.04. The largest absolute Gasteiger partial charge is 0.486 e. The van der Waals surface area contributed by atoms with Gasteiger partial charge in [-0.05, 0) is 36.6 Å². The van der Waals surface area contributed by atoms with Crippen LogP contribution in [0, 0.1) is 17.2 Å². The van der Waals surface area contributed by atoms with E-state index in [-0.39, 0.29) is 18.1 Å². The maximum Gasteiger partial charge on any atom is 0.237 e. The van der Waals surface area contributed by atoms with Gasteiger partial charge in [-0.25, -0.2) is 0 Å². The van der Waals surface area contributed by atoms with Gasteiger partial charge in [-0.1, -0.05) is 62.0 Å². The highest BCUT2D eigenvalue weighted by Gasteiger charge is 2.19. The average Bonchev–Trinajstić information content (AvgIpc) is 3.23. The number of nitriles is 1. The van der Waals surface area contributed by atoms with Gasteiger partial charge < -0.3 is 14.2 Å². The van der Waals surface area contributed by atoms with Gasteiger partial charge >= 0.3 is 0 Å². The van der Waals surface area contributed by atoms with Gasteiger partial charge in [0.15, 0.2) is 11.0 Å².